The summed E-state index contributed by atoms with van der Waals surface area (Å²) in [5, 5.41) is 11.1. The van der Waals surface area contributed by atoms with Crippen LogP contribution in [0.4, 0.5) is 0 Å². The zero-order valence-electron chi connectivity index (χ0n) is 8.57. The molecular weight excluding hydrogens is 182 g/mol. The van der Waals surface area contributed by atoms with Crippen molar-refractivity contribution < 1.29 is 0 Å². The first-order chi connectivity index (χ1) is 7.31. The normalized spacial score (nSPS) is 11.3. The van der Waals surface area contributed by atoms with Crippen LogP contribution in [0.1, 0.15) is 12.5 Å². The van der Waals surface area contributed by atoms with E-state index in [4.69, 9.17) is 5.26 Å². The summed E-state index contributed by atoms with van der Waals surface area (Å²) in [5.74, 6) is 0. The summed E-state index contributed by atoms with van der Waals surface area (Å²) in [6, 6.07) is 16.4. The Morgan fingerprint density at radius 2 is 1.87 bits per heavy atom. The molecule has 1 nitrogen and oxygen atoms in total. The Labute approximate surface area is 89.3 Å². The van der Waals surface area contributed by atoms with Crippen LogP contribution in [-0.2, 0) is 0 Å². The smallest absolute Gasteiger partial charge is 0.0944 e. The van der Waals surface area contributed by atoms with Crippen LogP contribution in [0.5, 0.6) is 0 Å². The lowest BCUT2D eigenvalue weighted by Crippen LogP contribution is -1.78. The number of hydrogen-bond donors (Lipinski definition) is 0. The van der Waals surface area contributed by atoms with Crippen LogP contribution in [0.3, 0.4) is 0 Å². The van der Waals surface area contributed by atoms with Gasteiger partial charge in [-0.15, -0.1) is 0 Å². The molecule has 0 fully saturated rings. The van der Waals surface area contributed by atoms with E-state index in [9.17, 15) is 0 Å². The predicted molar refractivity (Wildman–Crippen MR) is 63.2 cm³/mol. The molecule has 2 aromatic carbocycles. The summed E-state index contributed by atoms with van der Waals surface area (Å²) in [4.78, 5) is 0. The molecule has 0 aliphatic heterocycles. The van der Waals surface area contributed by atoms with Crippen LogP contribution >= 0.6 is 0 Å². The third-order valence-electron chi connectivity index (χ3n) is 2.37. The van der Waals surface area contributed by atoms with Gasteiger partial charge in [0.05, 0.1) is 6.07 Å². The third kappa shape index (κ3) is 1.89. The first kappa shape index (κ1) is 9.48. The fourth-order valence-electron chi connectivity index (χ4n) is 1.64. The number of rotatable bonds is 1. The van der Waals surface area contributed by atoms with Crippen molar-refractivity contribution in [2.45, 2.75) is 6.92 Å². The number of allylic oxidation sites excluding steroid dienone is 1. The topological polar surface area (TPSA) is 23.8 Å². The van der Waals surface area contributed by atoms with Crippen molar-refractivity contribution >= 4 is 16.8 Å². The van der Waals surface area contributed by atoms with Gasteiger partial charge in [-0.2, -0.15) is 5.26 Å². The molecule has 15 heavy (non-hydrogen) atoms. The predicted octanol–water partition coefficient (Wildman–Crippen LogP) is 3.77. The first-order valence-electron chi connectivity index (χ1n) is 4.87. The quantitative estimate of drug-likeness (QED) is 0.632. The van der Waals surface area contributed by atoms with Gasteiger partial charge in [0.1, 0.15) is 0 Å². The molecule has 0 aromatic heterocycles. The van der Waals surface area contributed by atoms with Gasteiger partial charge in [0.2, 0.25) is 0 Å². The summed E-state index contributed by atoms with van der Waals surface area (Å²) in [5.41, 5.74) is 1.83. The van der Waals surface area contributed by atoms with Crippen LogP contribution in [0.2, 0.25) is 0 Å². The zero-order chi connectivity index (χ0) is 10.7. The van der Waals surface area contributed by atoms with Gasteiger partial charge < -0.3 is 0 Å². The SMILES string of the molecule is C/C(C#N)=C\c1cccc2ccccc12. The molecule has 0 heterocycles. The Morgan fingerprint density at radius 1 is 1.13 bits per heavy atom. The van der Waals surface area contributed by atoms with Crippen molar-refractivity contribution in [1.29, 1.82) is 5.26 Å². The molecule has 0 atom stereocenters. The monoisotopic (exact) mass is 193 g/mol. The summed E-state index contributed by atoms with van der Waals surface area (Å²) in [6.45, 7) is 1.82. The van der Waals surface area contributed by atoms with E-state index in [0.29, 0.717) is 0 Å². The first-order valence-corrected chi connectivity index (χ1v) is 4.87. The number of nitrogens with zero attached hydrogens (tertiary/aromatic N) is 1. The zero-order valence-corrected chi connectivity index (χ0v) is 8.57. The Bertz CT molecular complexity index is 554. The number of fused-ring (bicyclic) bond motifs is 1. The second kappa shape index (κ2) is 3.98. The third-order valence-corrected chi connectivity index (χ3v) is 2.37. The molecule has 1 heteroatoms. The fraction of sp³-hybridized carbons (Fsp3) is 0.0714. The van der Waals surface area contributed by atoms with Gasteiger partial charge in [0, 0.05) is 5.57 Å². The molecule has 0 spiro atoms. The Morgan fingerprint density at radius 3 is 2.67 bits per heavy atom. The maximum absolute atomic E-state index is 8.75. The molecule has 0 saturated heterocycles. The van der Waals surface area contributed by atoms with Gasteiger partial charge in [-0.3, -0.25) is 0 Å². The van der Waals surface area contributed by atoms with E-state index in [0.717, 1.165) is 11.1 Å². The Hall–Kier alpha value is -2.07. The van der Waals surface area contributed by atoms with Gasteiger partial charge in [-0.05, 0) is 29.3 Å². The van der Waals surface area contributed by atoms with Crippen molar-refractivity contribution in [3.63, 3.8) is 0 Å². The Kier molecular flexibility index (Phi) is 2.51. The van der Waals surface area contributed by atoms with E-state index in [-0.39, 0.29) is 0 Å². The van der Waals surface area contributed by atoms with E-state index >= 15 is 0 Å². The molecule has 0 amide bonds. The average molecular weight is 193 g/mol. The van der Waals surface area contributed by atoms with Crippen LogP contribution < -0.4 is 0 Å². The van der Waals surface area contributed by atoms with Crippen molar-refractivity contribution in [3.05, 3.63) is 53.6 Å². The summed E-state index contributed by atoms with van der Waals surface area (Å²) < 4.78 is 0. The molecule has 0 aliphatic rings. The van der Waals surface area contributed by atoms with Crippen molar-refractivity contribution in [2.24, 2.45) is 0 Å². The lowest BCUT2D eigenvalue weighted by Gasteiger charge is -2.01. The van der Waals surface area contributed by atoms with Crippen LogP contribution in [0, 0.1) is 11.3 Å². The van der Waals surface area contributed by atoms with Crippen LogP contribution in [-0.4, -0.2) is 0 Å². The molecule has 0 N–H and O–H groups in total. The molecule has 0 unspecified atom stereocenters. The van der Waals surface area contributed by atoms with Crippen LogP contribution in [0.25, 0.3) is 16.8 Å². The highest BCUT2D eigenvalue weighted by Gasteiger charge is 1.97. The van der Waals surface area contributed by atoms with Crippen LogP contribution in [0.15, 0.2) is 48.0 Å². The van der Waals surface area contributed by atoms with E-state index in [1.165, 1.54) is 10.8 Å². The summed E-state index contributed by atoms with van der Waals surface area (Å²) >= 11 is 0. The number of benzene rings is 2. The van der Waals surface area contributed by atoms with Crippen molar-refractivity contribution in [1.82, 2.24) is 0 Å². The van der Waals surface area contributed by atoms with Gasteiger partial charge in [0.15, 0.2) is 0 Å². The highest BCUT2D eigenvalue weighted by molar-refractivity contribution is 5.91. The molecular formula is C14H11N. The average Bonchev–Trinajstić information content (AvgIpc) is 2.29. The minimum Gasteiger partial charge on any atom is -0.193 e. The minimum atomic E-state index is 0.728. The Balaban J connectivity index is 2.67. The summed E-state index contributed by atoms with van der Waals surface area (Å²) in [6.07, 6.45) is 1.92. The highest BCUT2D eigenvalue weighted by atomic mass is 14.2. The van der Waals surface area contributed by atoms with E-state index < -0.39 is 0 Å². The minimum absolute atomic E-state index is 0.728. The standard InChI is InChI=1S/C14H11N/c1-11(10-15)9-13-7-4-6-12-5-2-3-8-14(12)13/h2-9H,1H3/b11-9+. The highest BCUT2D eigenvalue weighted by Crippen LogP contribution is 2.20. The molecule has 0 bridgehead atoms. The molecule has 0 radical (unpaired) electrons. The number of hydrogen-bond acceptors (Lipinski definition) is 1. The van der Waals surface area contributed by atoms with Crippen molar-refractivity contribution in [3.8, 4) is 6.07 Å². The van der Waals surface area contributed by atoms with E-state index in [2.05, 4.69) is 24.3 Å². The molecule has 72 valence electrons. The van der Waals surface area contributed by atoms with Gasteiger partial charge in [-0.1, -0.05) is 42.5 Å². The maximum atomic E-state index is 8.75. The van der Waals surface area contributed by atoms with E-state index in [1.54, 1.807) is 0 Å². The summed E-state index contributed by atoms with van der Waals surface area (Å²) in [7, 11) is 0. The fourth-order valence-corrected chi connectivity index (χ4v) is 1.64. The number of nitriles is 1. The second-order valence-electron chi connectivity index (χ2n) is 3.51. The lowest BCUT2D eigenvalue weighted by atomic mass is 10.0. The second-order valence-corrected chi connectivity index (χ2v) is 3.51. The molecule has 2 aromatic rings. The largest absolute Gasteiger partial charge is 0.193 e. The van der Waals surface area contributed by atoms with Crippen molar-refractivity contribution in [2.75, 3.05) is 0 Å². The van der Waals surface area contributed by atoms with E-state index in [1.807, 2.05) is 37.3 Å². The molecule has 2 rings (SSSR count). The van der Waals surface area contributed by atoms with Gasteiger partial charge >= 0.3 is 0 Å². The maximum Gasteiger partial charge on any atom is 0.0944 e. The lowest BCUT2D eigenvalue weighted by molar-refractivity contribution is 1.46. The molecule has 0 saturated carbocycles. The van der Waals surface area contributed by atoms with Gasteiger partial charge in [-0.25, -0.2) is 0 Å². The van der Waals surface area contributed by atoms with Gasteiger partial charge in [0.25, 0.3) is 0 Å². The molecule has 0 aliphatic carbocycles.